The molecule has 3 rings (SSSR count). The smallest absolute Gasteiger partial charge is 0.151 e. The zero-order valence-corrected chi connectivity index (χ0v) is 11.9. The van der Waals surface area contributed by atoms with Gasteiger partial charge in [-0.15, -0.1) is 0 Å². The summed E-state index contributed by atoms with van der Waals surface area (Å²) in [6.45, 7) is 1.54. The molecule has 2 aliphatic rings. The molecule has 0 radical (unpaired) electrons. The van der Waals surface area contributed by atoms with Gasteiger partial charge in [-0.3, -0.25) is 9.69 Å². The number of halogens is 1. The van der Waals surface area contributed by atoms with Gasteiger partial charge in [0.25, 0.3) is 0 Å². The van der Waals surface area contributed by atoms with E-state index >= 15 is 0 Å². The topological polar surface area (TPSA) is 20.3 Å². The molecule has 2 fully saturated rings. The number of nitrogens with zero attached hydrogens (tertiary/aromatic N) is 1. The first-order valence-corrected chi connectivity index (χ1v) is 7.73. The number of rotatable bonds is 4. The SMILES string of the molecule is O=C(Cc1ccccc1F)CN1CCC2CCCCC21. The van der Waals surface area contributed by atoms with Crippen molar-refractivity contribution in [3.8, 4) is 0 Å². The number of fused-ring (bicyclic) bond motifs is 1. The van der Waals surface area contributed by atoms with E-state index in [0.29, 0.717) is 18.2 Å². The van der Waals surface area contributed by atoms with E-state index in [-0.39, 0.29) is 18.0 Å². The lowest BCUT2D eigenvalue weighted by Crippen LogP contribution is -2.38. The van der Waals surface area contributed by atoms with E-state index in [9.17, 15) is 9.18 Å². The summed E-state index contributed by atoms with van der Waals surface area (Å²) in [6.07, 6.45) is 6.65. The first-order valence-electron chi connectivity index (χ1n) is 7.73. The number of benzene rings is 1. The summed E-state index contributed by atoms with van der Waals surface area (Å²) in [7, 11) is 0. The molecule has 0 amide bonds. The predicted molar refractivity (Wildman–Crippen MR) is 77.0 cm³/mol. The maximum atomic E-state index is 13.6. The van der Waals surface area contributed by atoms with Gasteiger partial charge in [0.05, 0.1) is 6.54 Å². The Bertz CT molecular complexity index is 488. The van der Waals surface area contributed by atoms with Crippen LogP contribution in [0.4, 0.5) is 4.39 Å². The molecule has 1 aliphatic carbocycles. The van der Waals surface area contributed by atoms with Gasteiger partial charge in [-0.2, -0.15) is 0 Å². The van der Waals surface area contributed by atoms with Gasteiger partial charge in [0.2, 0.25) is 0 Å². The minimum Gasteiger partial charge on any atom is -0.298 e. The number of hydrogen-bond acceptors (Lipinski definition) is 2. The van der Waals surface area contributed by atoms with Gasteiger partial charge in [-0.25, -0.2) is 4.39 Å². The van der Waals surface area contributed by atoms with Crippen LogP contribution in [0.1, 0.15) is 37.7 Å². The molecule has 1 heterocycles. The highest BCUT2D eigenvalue weighted by molar-refractivity contribution is 5.82. The van der Waals surface area contributed by atoms with E-state index in [1.165, 1.54) is 38.2 Å². The maximum Gasteiger partial charge on any atom is 0.151 e. The van der Waals surface area contributed by atoms with Crippen molar-refractivity contribution in [1.29, 1.82) is 0 Å². The van der Waals surface area contributed by atoms with Crippen LogP contribution in [0.2, 0.25) is 0 Å². The van der Waals surface area contributed by atoms with Crippen LogP contribution in [0.3, 0.4) is 0 Å². The molecule has 1 saturated heterocycles. The fourth-order valence-electron chi connectivity index (χ4n) is 3.84. The Labute approximate surface area is 120 Å². The molecule has 2 unspecified atom stereocenters. The van der Waals surface area contributed by atoms with E-state index in [4.69, 9.17) is 0 Å². The molecule has 2 nitrogen and oxygen atoms in total. The lowest BCUT2D eigenvalue weighted by Gasteiger charge is -2.31. The first-order chi connectivity index (χ1) is 9.74. The van der Waals surface area contributed by atoms with Crippen molar-refractivity contribution >= 4 is 5.78 Å². The number of hydrogen-bond donors (Lipinski definition) is 0. The Hall–Kier alpha value is -1.22. The van der Waals surface area contributed by atoms with Gasteiger partial charge in [0, 0.05) is 12.5 Å². The largest absolute Gasteiger partial charge is 0.298 e. The highest BCUT2D eigenvalue weighted by Crippen LogP contribution is 2.35. The first kappa shape index (κ1) is 13.7. The van der Waals surface area contributed by atoms with E-state index in [1.54, 1.807) is 18.2 Å². The van der Waals surface area contributed by atoms with Crippen molar-refractivity contribution in [3.05, 3.63) is 35.6 Å². The number of Topliss-reactive ketones (excluding diaryl/α,β-unsaturated/α-hetero) is 1. The summed E-state index contributed by atoms with van der Waals surface area (Å²) in [5.74, 6) is 0.671. The van der Waals surface area contributed by atoms with Gasteiger partial charge in [-0.05, 0) is 43.4 Å². The summed E-state index contributed by atoms with van der Waals surface area (Å²) in [5, 5.41) is 0. The zero-order chi connectivity index (χ0) is 13.9. The van der Waals surface area contributed by atoms with Crippen LogP contribution in [0.5, 0.6) is 0 Å². The van der Waals surface area contributed by atoms with Gasteiger partial charge < -0.3 is 0 Å². The van der Waals surface area contributed by atoms with Gasteiger partial charge in [-0.1, -0.05) is 31.0 Å². The molecule has 0 N–H and O–H groups in total. The van der Waals surface area contributed by atoms with Gasteiger partial charge >= 0.3 is 0 Å². The predicted octanol–water partition coefficient (Wildman–Crippen LogP) is 3.20. The summed E-state index contributed by atoms with van der Waals surface area (Å²) in [6, 6.07) is 7.19. The average molecular weight is 275 g/mol. The third-order valence-electron chi connectivity index (χ3n) is 4.85. The van der Waals surface area contributed by atoms with Gasteiger partial charge in [0.15, 0.2) is 5.78 Å². The molecule has 108 valence electrons. The molecule has 0 bridgehead atoms. The maximum absolute atomic E-state index is 13.6. The van der Waals surface area contributed by atoms with Crippen LogP contribution in [-0.4, -0.2) is 29.8 Å². The lowest BCUT2D eigenvalue weighted by molar-refractivity contribution is -0.120. The van der Waals surface area contributed by atoms with Gasteiger partial charge in [0.1, 0.15) is 5.82 Å². The second kappa shape index (κ2) is 6.04. The minimum atomic E-state index is -0.266. The molecule has 0 aromatic heterocycles. The van der Waals surface area contributed by atoms with Crippen molar-refractivity contribution in [3.63, 3.8) is 0 Å². The summed E-state index contributed by atoms with van der Waals surface area (Å²) in [4.78, 5) is 14.5. The molecular weight excluding hydrogens is 253 g/mol. The average Bonchev–Trinajstić information content (AvgIpc) is 2.85. The quantitative estimate of drug-likeness (QED) is 0.841. The minimum absolute atomic E-state index is 0.140. The molecular formula is C17H22FNO. The Morgan fingerprint density at radius 2 is 2.00 bits per heavy atom. The highest BCUT2D eigenvalue weighted by Gasteiger charge is 2.36. The molecule has 1 saturated carbocycles. The molecule has 1 aromatic carbocycles. The van der Waals surface area contributed by atoms with E-state index < -0.39 is 0 Å². The highest BCUT2D eigenvalue weighted by atomic mass is 19.1. The fraction of sp³-hybridized carbons (Fsp3) is 0.588. The van der Waals surface area contributed by atoms with Crippen LogP contribution in [-0.2, 0) is 11.2 Å². The van der Waals surface area contributed by atoms with Crippen LogP contribution < -0.4 is 0 Å². The molecule has 1 aromatic rings. The van der Waals surface area contributed by atoms with Crippen LogP contribution in [0.15, 0.2) is 24.3 Å². The molecule has 1 aliphatic heterocycles. The molecule has 0 spiro atoms. The van der Waals surface area contributed by atoms with Crippen LogP contribution in [0, 0.1) is 11.7 Å². The fourth-order valence-corrected chi connectivity index (χ4v) is 3.84. The Morgan fingerprint density at radius 3 is 2.85 bits per heavy atom. The monoisotopic (exact) mass is 275 g/mol. The van der Waals surface area contributed by atoms with Crippen LogP contribution >= 0.6 is 0 Å². The van der Waals surface area contributed by atoms with E-state index in [0.717, 1.165) is 12.5 Å². The molecule has 20 heavy (non-hydrogen) atoms. The third-order valence-corrected chi connectivity index (χ3v) is 4.85. The summed E-state index contributed by atoms with van der Waals surface area (Å²) >= 11 is 0. The van der Waals surface area contributed by atoms with E-state index in [2.05, 4.69) is 4.90 Å². The zero-order valence-electron chi connectivity index (χ0n) is 11.9. The van der Waals surface area contributed by atoms with Crippen molar-refractivity contribution < 1.29 is 9.18 Å². The van der Waals surface area contributed by atoms with Crippen LogP contribution in [0.25, 0.3) is 0 Å². The summed E-state index contributed by atoms with van der Waals surface area (Å²) < 4.78 is 13.6. The van der Waals surface area contributed by atoms with Crippen molar-refractivity contribution in [1.82, 2.24) is 4.90 Å². The second-order valence-corrected chi connectivity index (χ2v) is 6.18. The Balaban J connectivity index is 1.58. The normalized spacial score (nSPS) is 26.4. The summed E-state index contributed by atoms with van der Waals surface area (Å²) in [5.41, 5.74) is 0.525. The van der Waals surface area contributed by atoms with E-state index in [1.807, 2.05) is 0 Å². The second-order valence-electron chi connectivity index (χ2n) is 6.18. The van der Waals surface area contributed by atoms with Crippen molar-refractivity contribution in [2.75, 3.05) is 13.1 Å². The van der Waals surface area contributed by atoms with Crippen molar-refractivity contribution in [2.24, 2.45) is 5.92 Å². The standard InChI is InChI=1S/C17H22FNO/c18-16-7-3-1-6-14(16)11-15(20)12-19-10-9-13-5-2-4-8-17(13)19/h1,3,6-7,13,17H,2,4-5,8-12H2. The third kappa shape index (κ3) is 2.93. The molecule has 2 atom stereocenters. The molecule has 3 heteroatoms. The number of carbonyl (C=O) groups is 1. The Morgan fingerprint density at radius 1 is 1.20 bits per heavy atom. The number of ketones is 1. The number of carbonyl (C=O) groups excluding carboxylic acids is 1. The lowest BCUT2D eigenvalue weighted by atomic mass is 9.85. The number of likely N-dealkylation sites (tertiary alicyclic amines) is 1. The Kier molecular flexibility index (Phi) is 4.16. The van der Waals surface area contributed by atoms with Crippen molar-refractivity contribution in [2.45, 2.75) is 44.6 Å².